The summed E-state index contributed by atoms with van der Waals surface area (Å²) in [5, 5.41) is 45.4. The molecular weight excluding hydrogens is 678 g/mol. The first kappa shape index (κ1) is 38.0. The predicted octanol–water partition coefficient (Wildman–Crippen LogP) is 2.37. The van der Waals surface area contributed by atoms with Gasteiger partial charge in [0.25, 0.3) is 5.91 Å². The number of phenolic OH excluding ortho intramolecular Hbond substituents is 1. The third kappa shape index (κ3) is 6.62. The normalized spacial score (nSPS) is 22.6. The van der Waals surface area contributed by atoms with E-state index in [2.05, 4.69) is 0 Å². The van der Waals surface area contributed by atoms with Crippen LogP contribution in [0.15, 0.2) is 53.3 Å². The quantitative estimate of drug-likeness (QED) is 0.128. The second-order valence-electron chi connectivity index (χ2n) is 13.7. The number of nitrogens with zero attached hydrogens (tertiary/aromatic N) is 2. The zero-order valence-electron chi connectivity index (χ0n) is 29.5. The number of hydrogen-bond acceptors (Lipinski definition) is 13. The van der Waals surface area contributed by atoms with Crippen molar-refractivity contribution in [3.8, 4) is 16.9 Å². The first-order chi connectivity index (χ1) is 24.5. The second kappa shape index (κ2) is 14.8. The van der Waals surface area contributed by atoms with Gasteiger partial charge >= 0.3 is 12.1 Å². The maximum atomic E-state index is 14.1. The van der Waals surface area contributed by atoms with E-state index in [-0.39, 0.29) is 55.3 Å². The zero-order chi connectivity index (χ0) is 38.2. The van der Waals surface area contributed by atoms with Crippen LogP contribution < -0.4 is 5.73 Å². The molecule has 0 saturated heterocycles. The Kier molecular flexibility index (Phi) is 10.8. The largest absolute Gasteiger partial charge is 0.508 e. The molecule has 3 aliphatic carbocycles. The number of aliphatic hydroxyl groups excluding tert-OH is 2. The van der Waals surface area contributed by atoms with E-state index in [0.29, 0.717) is 16.7 Å². The number of carbonyl (C=O) groups excluding carboxylic acids is 5. The number of Topliss-reactive ketones (excluding diaryl/α,β-unsaturated/α-hetero) is 2. The summed E-state index contributed by atoms with van der Waals surface area (Å²) in [6, 6.07) is 9.01. The van der Waals surface area contributed by atoms with Gasteiger partial charge in [0.15, 0.2) is 11.4 Å². The van der Waals surface area contributed by atoms with E-state index in [1.807, 2.05) is 0 Å². The first-order valence-corrected chi connectivity index (χ1v) is 16.7. The molecule has 5 rings (SSSR count). The lowest BCUT2D eigenvalue weighted by Gasteiger charge is -2.50. The number of phenols is 1. The van der Waals surface area contributed by atoms with Crippen LogP contribution in [0.3, 0.4) is 0 Å². The molecule has 15 heteroatoms. The van der Waals surface area contributed by atoms with Gasteiger partial charge in [-0.05, 0) is 61.2 Å². The average Bonchev–Trinajstić information content (AvgIpc) is 3.08. The maximum absolute atomic E-state index is 14.1. The number of benzene rings is 2. The van der Waals surface area contributed by atoms with Crippen LogP contribution in [-0.2, 0) is 46.4 Å². The number of carbonyl (C=O) groups is 5. The minimum Gasteiger partial charge on any atom is -0.508 e. The summed E-state index contributed by atoms with van der Waals surface area (Å²) in [6.45, 7) is 3.35. The highest BCUT2D eigenvalue weighted by atomic mass is 16.7. The predicted molar refractivity (Wildman–Crippen MR) is 184 cm³/mol. The molecule has 4 atom stereocenters. The Balaban J connectivity index is 1.47. The van der Waals surface area contributed by atoms with Gasteiger partial charge in [-0.15, -0.1) is 0 Å². The number of nitrogens with two attached hydrogens (primary N) is 1. The van der Waals surface area contributed by atoms with E-state index in [4.69, 9.17) is 19.9 Å². The molecule has 2 aromatic carbocycles. The van der Waals surface area contributed by atoms with Crippen LogP contribution in [0.4, 0.5) is 4.79 Å². The molecule has 1 saturated carbocycles. The van der Waals surface area contributed by atoms with Gasteiger partial charge in [-0.1, -0.05) is 44.2 Å². The van der Waals surface area contributed by atoms with E-state index in [9.17, 15) is 44.4 Å². The van der Waals surface area contributed by atoms with Gasteiger partial charge in [-0.25, -0.2) is 4.79 Å². The van der Waals surface area contributed by atoms with Crippen molar-refractivity contribution in [1.82, 2.24) is 9.80 Å². The highest BCUT2D eigenvalue weighted by molar-refractivity contribution is 6.24. The Labute approximate surface area is 299 Å². The van der Waals surface area contributed by atoms with Gasteiger partial charge in [0.05, 0.1) is 24.1 Å². The van der Waals surface area contributed by atoms with Crippen LogP contribution in [0, 0.1) is 17.8 Å². The summed E-state index contributed by atoms with van der Waals surface area (Å²) >= 11 is 0. The summed E-state index contributed by atoms with van der Waals surface area (Å²) in [5.41, 5.74) is 4.09. The topological polar surface area (TPSA) is 226 Å². The smallest absolute Gasteiger partial charge is 0.413 e. The third-order valence-electron chi connectivity index (χ3n) is 9.92. The fourth-order valence-electron chi connectivity index (χ4n) is 7.36. The average molecular weight is 722 g/mol. The van der Waals surface area contributed by atoms with Crippen LogP contribution in [0.1, 0.15) is 37.0 Å². The summed E-state index contributed by atoms with van der Waals surface area (Å²) in [4.78, 5) is 67.1. The van der Waals surface area contributed by atoms with Crippen molar-refractivity contribution in [1.29, 1.82) is 0 Å². The molecule has 2 amide bonds. The SMILES string of the molecule is COCCN(Cc1ccc(-c2ccc(O)c3c2C[C@H]2C[C@H]4[C@H](N(C)C)C(=O)C(C(N)=O)=C(O)[C@@]4(O)C(=O)C2=C3O)cc1)C(=O)OCOC(=O)C(C)C. The standard InChI is InChI=1S/C37H43N3O12/c1-18(2)35(47)51-17-52-36(48)40(12-13-50-5)16-19-6-8-20(9-7-19)22-10-11-25(41)27-23(22)14-21-15-24-29(39(3)4)31(43)28(34(38)46)33(45)37(24,49)32(44)26(21)30(27)42/h6-11,18,21,24,29,41-42,45,49H,12-17H2,1-5H3,(H2,38,46)/t21-,24-,29-,37-/m0/s1. The van der Waals surface area contributed by atoms with E-state index < -0.39 is 76.9 Å². The maximum Gasteiger partial charge on any atom is 0.413 e. The lowest BCUT2D eigenvalue weighted by Crippen LogP contribution is -2.65. The van der Waals surface area contributed by atoms with Crippen molar-refractivity contribution in [2.45, 2.75) is 44.9 Å². The lowest BCUT2D eigenvalue weighted by atomic mass is 9.57. The molecule has 0 aliphatic heterocycles. The number of hydrogen-bond donors (Lipinski definition) is 5. The van der Waals surface area contributed by atoms with E-state index in [1.165, 1.54) is 37.1 Å². The Morgan fingerprint density at radius 3 is 2.29 bits per heavy atom. The number of rotatable bonds is 11. The highest BCUT2D eigenvalue weighted by Crippen LogP contribution is 2.53. The van der Waals surface area contributed by atoms with Gasteiger partial charge < -0.3 is 45.3 Å². The molecule has 0 radical (unpaired) electrons. The summed E-state index contributed by atoms with van der Waals surface area (Å²) < 4.78 is 15.2. The highest BCUT2D eigenvalue weighted by Gasteiger charge is 2.64. The minimum absolute atomic E-state index is 0.0236. The lowest BCUT2D eigenvalue weighted by molar-refractivity contribution is -0.156. The molecule has 1 fully saturated rings. The van der Waals surface area contributed by atoms with Crippen molar-refractivity contribution in [2.24, 2.45) is 23.5 Å². The number of ketones is 2. The molecule has 2 aromatic rings. The summed E-state index contributed by atoms with van der Waals surface area (Å²) in [5.74, 6) is -8.08. The number of ether oxygens (including phenoxy) is 3. The number of aliphatic hydroxyl groups is 3. The number of methoxy groups -OCH3 is 1. The fraction of sp³-hybridized carbons (Fsp3) is 0.432. The molecule has 6 N–H and O–H groups in total. The van der Waals surface area contributed by atoms with Crippen molar-refractivity contribution in [2.75, 3.05) is 41.1 Å². The van der Waals surface area contributed by atoms with Gasteiger partial charge in [-0.2, -0.15) is 0 Å². The van der Waals surface area contributed by atoms with Crippen LogP contribution >= 0.6 is 0 Å². The first-order valence-electron chi connectivity index (χ1n) is 16.7. The molecule has 0 heterocycles. The molecule has 3 aliphatic rings. The van der Waals surface area contributed by atoms with Crippen molar-refractivity contribution >= 4 is 35.3 Å². The number of amides is 2. The van der Waals surface area contributed by atoms with Crippen molar-refractivity contribution < 1.29 is 58.6 Å². The minimum atomic E-state index is -2.73. The summed E-state index contributed by atoms with van der Waals surface area (Å²) in [7, 11) is 4.57. The van der Waals surface area contributed by atoms with Crippen LogP contribution in [-0.4, -0.2) is 113 Å². The van der Waals surface area contributed by atoms with Crippen molar-refractivity contribution in [3.63, 3.8) is 0 Å². The number of esters is 1. The Morgan fingerprint density at radius 2 is 1.69 bits per heavy atom. The Hall–Kier alpha value is -5.25. The van der Waals surface area contributed by atoms with Gasteiger partial charge in [-0.3, -0.25) is 24.1 Å². The Morgan fingerprint density at radius 1 is 1.02 bits per heavy atom. The third-order valence-corrected chi connectivity index (χ3v) is 9.92. The number of aromatic hydroxyl groups is 1. The second-order valence-corrected chi connectivity index (χ2v) is 13.7. The van der Waals surface area contributed by atoms with Gasteiger partial charge in [0.1, 0.15) is 22.8 Å². The molecule has 0 bridgehead atoms. The monoisotopic (exact) mass is 721 g/mol. The molecule has 0 unspecified atom stereocenters. The number of primary amides is 1. The molecule has 0 spiro atoms. The van der Waals surface area contributed by atoms with Gasteiger partial charge in [0.2, 0.25) is 12.6 Å². The van der Waals surface area contributed by atoms with Gasteiger partial charge in [0, 0.05) is 31.7 Å². The van der Waals surface area contributed by atoms with Crippen LogP contribution in [0.25, 0.3) is 16.9 Å². The van der Waals surface area contributed by atoms with Crippen molar-refractivity contribution in [3.05, 3.63) is 70.0 Å². The van der Waals surface area contributed by atoms with E-state index >= 15 is 0 Å². The van der Waals surface area contributed by atoms with Crippen LogP contribution in [0.5, 0.6) is 5.75 Å². The number of fused-ring (bicyclic) bond motifs is 3. The molecule has 278 valence electrons. The fourth-order valence-corrected chi connectivity index (χ4v) is 7.36. The zero-order valence-corrected chi connectivity index (χ0v) is 29.5. The molecule has 0 aromatic heterocycles. The summed E-state index contributed by atoms with van der Waals surface area (Å²) in [6.07, 6.45) is -0.620. The Bertz CT molecular complexity index is 1870. The van der Waals surface area contributed by atoms with E-state index in [0.717, 1.165) is 5.56 Å². The number of likely N-dealkylation sites (N-methyl/N-ethyl adjacent to an activating group) is 1. The molecular formula is C37H43N3O12. The molecule has 15 nitrogen and oxygen atoms in total. The molecule has 52 heavy (non-hydrogen) atoms. The van der Waals surface area contributed by atoms with Crippen LogP contribution in [0.2, 0.25) is 0 Å². The van der Waals surface area contributed by atoms with E-state index in [1.54, 1.807) is 44.2 Å².